The first-order valence-electron chi connectivity index (χ1n) is 8.41. The second-order valence-electron chi connectivity index (χ2n) is 6.63. The number of rotatable bonds is 3. The van der Waals surface area contributed by atoms with E-state index in [1.807, 2.05) is 24.3 Å². The van der Waals surface area contributed by atoms with Gasteiger partial charge in [-0.3, -0.25) is 4.79 Å². The summed E-state index contributed by atoms with van der Waals surface area (Å²) in [5.41, 5.74) is 3.72. The molecule has 1 unspecified atom stereocenters. The minimum atomic E-state index is 0.00481. The van der Waals surface area contributed by atoms with Crippen LogP contribution in [0.2, 0.25) is 0 Å². The zero-order chi connectivity index (χ0) is 17.4. The number of fused-ring (bicyclic) bond motifs is 3. The fraction of sp³-hybridized carbons (Fsp3) is 0.316. The monoisotopic (exact) mass is 336 g/mol. The van der Waals surface area contributed by atoms with Gasteiger partial charge in [-0.25, -0.2) is 0 Å². The van der Waals surface area contributed by atoms with Crippen molar-refractivity contribution in [2.75, 3.05) is 19.4 Å². The molecule has 4 rings (SSSR count). The molecule has 6 nitrogen and oxygen atoms in total. The Hall–Kier alpha value is -2.89. The predicted molar refractivity (Wildman–Crippen MR) is 95.7 cm³/mol. The van der Waals surface area contributed by atoms with Crippen LogP contribution in [0.1, 0.15) is 28.1 Å². The van der Waals surface area contributed by atoms with Crippen molar-refractivity contribution in [2.24, 2.45) is 0 Å². The first-order chi connectivity index (χ1) is 12.1. The van der Waals surface area contributed by atoms with Gasteiger partial charge in [0.05, 0.1) is 18.1 Å². The average molecular weight is 336 g/mol. The van der Waals surface area contributed by atoms with Crippen molar-refractivity contribution in [3.63, 3.8) is 0 Å². The van der Waals surface area contributed by atoms with Crippen LogP contribution < -0.4 is 5.32 Å². The number of amides is 1. The Bertz CT molecular complexity index is 918. The van der Waals surface area contributed by atoms with Gasteiger partial charge in [0.1, 0.15) is 11.3 Å². The molecule has 0 fully saturated rings. The molecule has 1 aliphatic rings. The standard InChI is InChI=1S/C19H20N4O2/c1-23(2)19(24)12-3-5-17-15(9-12)16-10-13(4-6-18(16)25-17)22-14-7-8-20-21-11-14/h3,5,7-9,11,13H,4,6,10H2,1-2H3,(H,20,22). The number of hydrogen-bond donors (Lipinski definition) is 1. The number of hydrogen-bond acceptors (Lipinski definition) is 5. The third-order valence-electron chi connectivity index (χ3n) is 4.65. The van der Waals surface area contributed by atoms with Gasteiger partial charge in [-0.05, 0) is 37.1 Å². The largest absolute Gasteiger partial charge is 0.461 e. The molecule has 0 bridgehead atoms. The lowest BCUT2D eigenvalue weighted by molar-refractivity contribution is 0.0828. The molecule has 0 aliphatic heterocycles. The molecule has 0 saturated heterocycles. The van der Waals surface area contributed by atoms with Crippen LogP contribution in [-0.2, 0) is 12.8 Å². The molecule has 2 heterocycles. The molecule has 0 radical (unpaired) electrons. The lowest BCUT2D eigenvalue weighted by Gasteiger charge is -2.23. The van der Waals surface area contributed by atoms with Crippen molar-refractivity contribution in [1.82, 2.24) is 15.1 Å². The highest BCUT2D eigenvalue weighted by Gasteiger charge is 2.25. The number of aryl methyl sites for hydroxylation is 1. The number of benzene rings is 1. The zero-order valence-electron chi connectivity index (χ0n) is 14.3. The van der Waals surface area contributed by atoms with E-state index in [0.717, 1.165) is 41.7 Å². The maximum atomic E-state index is 12.3. The Kier molecular flexibility index (Phi) is 3.87. The second-order valence-corrected chi connectivity index (χ2v) is 6.63. The number of aromatic nitrogens is 2. The highest BCUT2D eigenvalue weighted by atomic mass is 16.3. The maximum absolute atomic E-state index is 12.3. The van der Waals surface area contributed by atoms with Gasteiger partial charge in [-0.1, -0.05) is 0 Å². The smallest absolute Gasteiger partial charge is 0.253 e. The summed E-state index contributed by atoms with van der Waals surface area (Å²) in [7, 11) is 3.53. The molecule has 1 amide bonds. The first kappa shape index (κ1) is 15.6. The molecular weight excluding hydrogens is 316 g/mol. The molecule has 1 N–H and O–H groups in total. The van der Waals surface area contributed by atoms with E-state index >= 15 is 0 Å². The molecule has 128 valence electrons. The first-order valence-corrected chi connectivity index (χ1v) is 8.41. The average Bonchev–Trinajstić information content (AvgIpc) is 2.99. The molecule has 25 heavy (non-hydrogen) atoms. The van der Waals surface area contributed by atoms with Gasteiger partial charge in [0.15, 0.2) is 0 Å². The van der Waals surface area contributed by atoms with E-state index in [0.29, 0.717) is 11.6 Å². The molecule has 1 atom stereocenters. The van der Waals surface area contributed by atoms with Crippen molar-refractivity contribution < 1.29 is 9.21 Å². The van der Waals surface area contributed by atoms with Crippen molar-refractivity contribution in [3.8, 4) is 0 Å². The third-order valence-corrected chi connectivity index (χ3v) is 4.65. The minimum Gasteiger partial charge on any atom is -0.461 e. The Morgan fingerprint density at radius 3 is 2.92 bits per heavy atom. The highest BCUT2D eigenvalue weighted by molar-refractivity contribution is 5.98. The summed E-state index contributed by atoms with van der Waals surface area (Å²) in [4.78, 5) is 13.8. The third kappa shape index (κ3) is 2.95. The van der Waals surface area contributed by atoms with Gasteiger partial charge in [0.2, 0.25) is 0 Å². The Balaban J connectivity index is 1.64. The summed E-state index contributed by atoms with van der Waals surface area (Å²) in [6.07, 6.45) is 6.17. The van der Waals surface area contributed by atoms with Crippen molar-refractivity contribution >= 4 is 22.6 Å². The zero-order valence-corrected chi connectivity index (χ0v) is 14.3. The fourth-order valence-corrected chi connectivity index (χ4v) is 3.41. The molecular formula is C19H20N4O2. The van der Waals surface area contributed by atoms with E-state index in [-0.39, 0.29) is 5.91 Å². The SMILES string of the molecule is CN(C)C(=O)c1ccc2oc3c(c2c1)CC(Nc1ccnnc1)CC3. The lowest BCUT2D eigenvalue weighted by atomic mass is 9.91. The van der Waals surface area contributed by atoms with Crippen LogP contribution in [0.5, 0.6) is 0 Å². The van der Waals surface area contributed by atoms with Gasteiger partial charge in [-0.2, -0.15) is 10.2 Å². The highest BCUT2D eigenvalue weighted by Crippen LogP contribution is 2.33. The molecule has 1 aromatic carbocycles. The van der Waals surface area contributed by atoms with Crippen molar-refractivity contribution in [2.45, 2.75) is 25.3 Å². The van der Waals surface area contributed by atoms with Crippen molar-refractivity contribution in [1.29, 1.82) is 0 Å². The van der Waals surface area contributed by atoms with Gasteiger partial charge >= 0.3 is 0 Å². The molecule has 2 aromatic heterocycles. The number of anilines is 1. The van der Waals surface area contributed by atoms with Gasteiger partial charge in [0.25, 0.3) is 5.91 Å². The van der Waals surface area contributed by atoms with E-state index in [1.165, 1.54) is 5.56 Å². The summed E-state index contributed by atoms with van der Waals surface area (Å²) in [5, 5.41) is 12.3. The molecule has 3 aromatic rings. The van der Waals surface area contributed by atoms with Crippen LogP contribution in [0, 0.1) is 0 Å². The Morgan fingerprint density at radius 2 is 2.16 bits per heavy atom. The van der Waals surface area contributed by atoms with E-state index in [4.69, 9.17) is 4.42 Å². The Morgan fingerprint density at radius 1 is 1.28 bits per heavy atom. The summed E-state index contributed by atoms with van der Waals surface area (Å²) < 4.78 is 6.01. The van der Waals surface area contributed by atoms with Crippen LogP contribution in [0.3, 0.4) is 0 Å². The number of nitrogens with zero attached hydrogens (tertiary/aromatic N) is 3. The number of nitrogens with one attached hydrogen (secondary N) is 1. The fourth-order valence-electron chi connectivity index (χ4n) is 3.41. The van der Waals surface area contributed by atoms with Crippen LogP contribution >= 0.6 is 0 Å². The van der Waals surface area contributed by atoms with E-state index < -0.39 is 0 Å². The van der Waals surface area contributed by atoms with Crippen LogP contribution in [0.15, 0.2) is 41.1 Å². The summed E-state index contributed by atoms with van der Waals surface area (Å²) >= 11 is 0. The van der Waals surface area contributed by atoms with Crippen LogP contribution in [-0.4, -0.2) is 41.1 Å². The van der Waals surface area contributed by atoms with Crippen LogP contribution in [0.4, 0.5) is 5.69 Å². The quantitative estimate of drug-likeness (QED) is 0.796. The predicted octanol–water partition coefficient (Wildman–Crippen LogP) is 2.89. The van der Waals surface area contributed by atoms with Gasteiger partial charge < -0.3 is 14.6 Å². The van der Waals surface area contributed by atoms with Gasteiger partial charge in [-0.15, -0.1) is 0 Å². The number of furan rings is 1. The van der Waals surface area contributed by atoms with E-state index in [1.54, 1.807) is 31.4 Å². The number of carbonyl (C=O) groups excluding carboxylic acids is 1. The Labute approximate surface area is 145 Å². The van der Waals surface area contributed by atoms with Gasteiger partial charge in [0, 0.05) is 43.1 Å². The van der Waals surface area contributed by atoms with E-state index in [9.17, 15) is 4.79 Å². The molecule has 0 spiro atoms. The summed E-state index contributed by atoms with van der Waals surface area (Å²) in [5.74, 6) is 1.04. The number of carbonyl (C=O) groups is 1. The maximum Gasteiger partial charge on any atom is 0.253 e. The minimum absolute atomic E-state index is 0.00481. The normalized spacial score (nSPS) is 16.5. The topological polar surface area (TPSA) is 71.3 Å². The molecule has 0 saturated carbocycles. The molecule has 1 aliphatic carbocycles. The van der Waals surface area contributed by atoms with E-state index in [2.05, 4.69) is 15.5 Å². The second kappa shape index (κ2) is 6.20. The summed E-state index contributed by atoms with van der Waals surface area (Å²) in [6, 6.07) is 7.92. The molecule has 6 heteroatoms. The van der Waals surface area contributed by atoms with Crippen LogP contribution in [0.25, 0.3) is 11.0 Å². The summed E-state index contributed by atoms with van der Waals surface area (Å²) in [6.45, 7) is 0. The lowest BCUT2D eigenvalue weighted by Crippen LogP contribution is -2.26. The van der Waals surface area contributed by atoms with Crippen molar-refractivity contribution in [3.05, 3.63) is 53.5 Å².